The summed E-state index contributed by atoms with van der Waals surface area (Å²) in [4.78, 5) is 26.1. The second-order valence-corrected chi connectivity index (χ2v) is 9.35. The number of halogens is 2. The van der Waals surface area contributed by atoms with E-state index in [0.717, 1.165) is 55.4 Å². The van der Waals surface area contributed by atoms with Gasteiger partial charge in [-0.1, -0.05) is 0 Å². The van der Waals surface area contributed by atoms with Crippen molar-refractivity contribution in [3.05, 3.63) is 72.2 Å². The Bertz CT molecular complexity index is 1440. The molecular formula is C28H30F2N6O3. The maximum Gasteiger partial charge on any atom is 0.387 e. The van der Waals surface area contributed by atoms with Gasteiger partial charge in [-0.2, -0.15) is 8.78 Å². The van der Waals surface area contributed by atoms with E-state index in [-0.39, 0.29) is 11.7 Å². The first-order valence-corrected chi connectivity index (χ1v) is 12.7. The summed E-state index contributed by atoms with van der Waals surface area (Å²) in [5, 5.41) is 3.31. The number of ether oxygens (including phenoxy) is 2. The lowest BCUT2D eigenvalue weighted by molar-refractivity contribution is -0.0498. The molecule has 5 rings (SSSR count). The zero-order chi connectivity index (χ0) is 27.4. The summed E-state index contributed by atoms with van der Waals surface area (Å²) in [5.41, 5.74) is 4.44. The van der Waals surface area contributed by atoms with Crippen molar-refractivity contribution in [2.75, 3.05) is 51.8 Å². The Kier molecular flexibility index (Phi) is 7.99. The quantitative estimate of drug-likeness (QED) is 0.338. The molecule has 39 heavy (non-hydrogen) atoms. The molecule has 204 valence electrons. The molecule has 1 fully saturated rings. The van der Waals surface area contributed by atoms with E-state index < -0.39 is 6.61 Å². The van der Waals surface area contributed by atoms with Crippen molar-refractivity contribution in [1.82, 2.24) is 24.2 Å². The third kappa shape index (κ3) is 6.15. The van der Waals surface area contributed by atoms with Crippen molar-refractivity contribution in [2.24, 2.45) is 0 Å². The highest BCUT2D eigenvalue weighted by Gasteiger charge is 2.18. The first kappa shape index (κ1) is 26.5. The number of benzene rings is 2. The summed E-state index contributed by atoms with van der Waals surface area (Å²) in [5.74, 6) is 0.616. The number of carbonyl (C=O) groups excluding carboxylic acids is 1. The summed E-state index contributed by atoms with van der Waals surface area (Å²) < 4.78 is 36.6. The maximum absolute atomic E-state index is 13.1. The molecule has 9 nitrogen and oxygen atoms in total. The van der Waals surface area contributed by atoms with Gasteiger partial charge in [-0.05, 0) is 55.0 Å². The Balaban J connectivity index is 1.29. The van der Waals surface area contributed by atoms with Gasteiger partial charge in [-0.25, -0.2) is 9.97 Å². The first-order valence-electron chi connectivity index (χ1n) is 12.7. The van der Waals surface area contributed by atoms with E-state index >= 15 is 0 Å². The zero-order valence-electron chi connectivity index (χ0n) is 21.8. The highest BCUT2D eigenvalue weighted by atomic mass is 19.3. The smallest absolute Gasteiger partial charge is 0.387 e. The molecule has 1 aliphatic heterocycles. The van der Waals surface area contributed by atoms with Gasteiger partial charge in [-0.3, -0.25) is 14.1 Å². The standard InChI is InChI=1S/C28H30F2N6O3/c1-19-17-21(5-8-23(19)27(37)34(2)11-12-35-13-15-38-16-14-35)33-25-26-32-18-24(36(26)10-9-31-25)20-3-6-22(7-4-20)39-28(29)30/h3-10,17-18,28H,11-16H2,1-2H3,(H,31,33). The Hall–Kier alpha value is -4.09. The molecule has 0 spiro atoms. The Morgan fingerprint density at radius 3 is 2.64 bits per heavy atom. The number of hydrogen-bond donors (Lipinski definition) is 1. The van der Waals surface area contributed by atoms with Crippen LogP contribution in [0.25, 0.3) is 16.9 Å². The summed E-state index contributed by atoms with van der Waals surface area (Å²) in [7, 11) is 1.83. The summed E-state index contributed by atoms with van der Waals surface area (Å²) in [6, 6.07) is 12.0. The minimum absolute atomic E-state index is 0.0181. The molecule has 0 atom stereocenters. The van der Waals surface area contributed by atoms with Gasteiger partial charge in [0.15, 0.2) is 11.5 Å². The Morgan fingerprint density at radius 1 is 1.15 bits per heavy atom. The number of fused-ring (bicyclic) bond motifs is 1. The number of rotatable bonds is 9. The van der Waals surface area contributed by atoms with Crippen molar-refractivity contribution in [3.8, 4) is 17.0 Å². The van der Waals surface area contributed by atoms with E-state index in [1.807, 2.05) is 36.6 Å². The van der Waals surface area contributed by atoms with E-state index in [2.05, 4.69) is 24.9 Å². The fourth-order valence-corrected chi connectivity index (χ4v) is 4.57. The van der Waals surface area contributed by atoms with E-state index in [1.165, 1.54) is 12.1 Å². The highest BCUT2D eigenvalue weighted by molar-refractivity contribution is 5.96. The summed E-state index contributed by atoms with van der Waals surface area (Å²) in [6.45, 7) is 3.76. The summed E-state index contributed by atoms with van der Waals surface area (Å²) in [6.07, 6.45) is 5.14. The van der Waals surface area contributed by atoms with Crippen LogP contribution in [0.2, 0.25) is 0 Å². The largest absolute Gasteiger partial charge is 0.435 e. The number of hydrogen-bond acceptors (Lipinski definition) is 7. The number of nitrogens with zero attached hydrogens (tertiary/aromatic N) is 5. The van der Waals surface area contributed by atoms with Gasteiger partial charge in [-0.15, -0.1) is 0 Å². The fraction of sp³-hybridized carbons (Fsp3) is 0.321. The highest BCUT2D eigenvalue weighted by Crippen LogP contribution is 2.28. The molecule has 3 heterocycles. The molecule has 11 heteroatoms. The third-order valence-corrected chi connectivity index (χ3v) is 6.72. The van der Waals surface area contributed by atoms with Gasteiger partial charge >= 0.3 is 6.61 Å². The van der Waals surface area contributed by atoms with Crippen LogP contribution in [0.5, 0.6) is 5.75 Å². The van der Waals surface area contributed by atoms with Crippen molar-refractivity contribution < 1.29 is 23.0 Å². The van der Waals surface area contributed by atoms with Crippen LogP contribution in [-0.2, 0) is 4.74 Å². The lowest BCUT2D eigenvalue weighted by Crippen LogP contribution is -2.42. The third-order valence-electron chi connectivity index (χ3n) is 6.72. The van der Waals surface area contributed by atoms with Gasteiger partial charge in [0.05, 0.1) is 25.1 Å². The fourth-order valence-electron chi connectivity index (χ4n) is 4.57. The van der Waals surface area contributed by atoms with Crippen LogP contribution in [0.1, 0.15) is 15.9 Å². The van der Waals surface area contributed by atoms with Gasteiger partial charge in [0, 0.05) is 62.4 Å². The van der Waals surface area contributed by atoms with Crippen molar-refractivity contribution in [1.29, 1.82) is 0 Å². The molecule has 4 aromatic rings. The number of alkyl halides is 2. The number of aromatic nitrogens is 3. The number of anilines is 2. The predicted octanol–water partition coefficient (Wildman–Crippen LogP) is 4.45. The molecular weight excluding hydrogens is 506 g/mol. The van der Waals surface area contributed by atoms with Crippen molar-refractivity contribution in [3.63, 3.8) is 0 Å². The normalized spacial score (nSPS) is 14.1. The molecule has 0 saturated carbocycles. The molecule has 0 radical (unpaired) electrons. The van der Waals surface area contributed by atoms with Crippen LogP contribution in [0.15, 0.2) is 61.1 Å². The topological polar surface area (TPSA) is 84.2 Å². The van der Waals surface area contributed by atoms with Crippen LogP contribution in [0.3, 0.4) is 0 Å². The van der Waals surface area contributed by atoms with Crippen LogP contribution in [-0.4, -0.2) is 83.1 Å². The van der Waals surface area contributed by atoms with E-state index in [0.29, 0.717) is 23.6 Å². The molecule has 1 saturated heterocycles. The molecule has 1 N–H and O–H groups in total. The number of morpholine rings is 1. The SMILES string of the molecule is Cc1cc(Nc2nccn3c(-c4ccc(OC(F)F)cc4)cnc23)ccc1C(=O)N(C)CCN1CCOCC1. The number of imidazole rings is 1. The average Bonchev–Trinajstić information content (AvgIpc) is 3.37. The Labute approximate surface area is 225 Å². The minimum Gasteiger partial charge on any atom is -0.435 e. The molecule has 0 bridgehead atoms. The second-order valence-electron chi connectivity index (χ2n) is 9.35. The van der Waals surface area contributed by atoms with Gasteiger partial charge in [0.1, 0.15) is 5.75 Å². The molecule has 1 amide bonds. The van der Waals surface area contributed by atoms with Crippen LogP contribution in [0.4, 0.5) is 20.3 Å². The molecule has 2 aromatic heterocycles. The molecule has 1 aliphatic rings. The van der Waals surface area contributed by atoms with Gasteiger partial charge in [0.25, 0.3) is 5.91 Å². The van der Waals surface area contributed by atoms with E-state index in [4.69, 9.17) is 4.74 Å². The minimum atomic E-state index is -2.87. The lowest BCUT2D eigenvalue weighted by Gasteiger charge is -2.28. The van der Waals surface area contributed by atoms with Crippen molar-refractivity contribution in [2.45, 2.75) is 13.5 Å². The van der Waals surface area contributed by atoms with Crippen molar-refractivity contribution >= 4 is 23.1 Å². The number of amides is 1. The van der Waals surface area contributed by atoms with E-state index in [1.54, 1.807) is 35.6 Å². The number of aryl methyl sites for hydroxylation is 1. The first-order chi connectivity index (χ1) is 18.9. The number of nitrogens with one attached hydrogen (secondary N) is 1. The van der Waals surface area contributed by atoms with Gasteiger partial charge in [0.2, 0.25) is 0 Å². The van der Waals surface area contributed by atoms with Crippen LogP contribution < -0.4 is 10.1 Å². The maximum atomic E-state index is 13.1. The molecule has 0 aliphatic carbocycles. The van der Waals surface area contributed by atoms with Crippen LogP contribution >= 0.6 is 0 Å². The van der Waals surface area contributed by atoms with E-state index in [9.17, 15) is 13.6 Å². The van der Waals surface area contributed by atoms with Crippen LogP contribution in [0, 0.1) is 6.92 Å². The number of carbonyl (C=O) groups is 1. The lowest BCUT2D eigenvalue weighted by atomic mass is 10.1. The molecule has 2 aromatic carbocycles. The van der Waals surface area contributed by atoms with Gasteiger partial charge < -0.3 is 19.7 Å². The number of likely N-dealkylation sites (N-methyl/N-ethyl adjacent to an activating group) is 1. The molecule has 0 unspecified atom stereocenters. The Morgan fingerprint density at radius 2 is 1.92 bits per heavy atom. The zero-order valence-corrected chi connectivity index (χ0v) is 21.8. The monoisotopic (exact) mass is 536 g/mol. The average molecular weight is 537 g/mol. The predicted molar refractivity (Wildman–Crippen MR) is 144 cm³/mol. The summed E-state index contributed by atoms with van der Waals surface area (Å²) >= 11 is 0. The second kappa shape index (κ2) is 11.7.